The number of hydrogen-bond donors (Lipinski definition) is 3. The highest BCUT2D eigenvalue weighted by Crippen LogP contribution is 2.27. The van der Waals surface area contributed by atoms with Gasteiger partial charge in [0, 0.05) is 6.04 Å². The second kappa shape index (κ2) is 7.96. The van der Waals surface area contributed by atoms with Crippen molar-refractivity contribution in [3.8, 4) is 0 Å². The predicted molar refractivity (Wildman–Crippen MR) is 100 cm³/mol. The Labute approximate surface area is 166 Å². The summed E-state index contributed by atoms with van der Waals surface area (Å²) < 4.78 is 26.4. The topological polar surface area (TPSA) is 90.5 Å². The summed E-state index contributed by atoms with van der Waals surface area (Å²) in [6.07, 6.45) is 0. The maximum Gasteiger partial charge on any atom is 0.344 e. The van der Waals surface area contributed by atoms with Gasteiger partial charge in [0.25, 0.3) is 11.8 Å². The number of nitrogens with one attached hydrogen (secondary N) is 3. The molecule has 0 saturated carbocycles. The van der Waals surface area contributed by atoms with Crippen LogP contribution in [-0.2, 0) is 15.1 Å². The summed E-state index contributed by atoms with van der Waals surface area (Å²) in [7, 11) is 0. The van der Waals surface area contributed by atoms with Crippen molar-refractivity contribution in [3.05, 3.63) is 71.3 Å². The summed E-state index contributed by atoms with van der Waals surface area (Å²) in [5.41, 5.74) is 2.00. The summed E-state index contributed by atoms with van der Waals surface area (Å²) in [6.45, 7) is 2.97. The number of urea groups is 1. The molecule has 0 unspecified atom stereocenters. The van der Waals surface area contributed by atoms with Gasteiger partial charge in [-0.1, -0.05) is 36.4 Å². The van der Waals surface area contributed by atoms with Crippen molar-refractivity contribution in [1.29, 1.82) is 0 Å². The molecule has 9 heteroatoms. The minimum absolute atomic E-state index is 0.251. The first-order chi connectivity index (χ1) is 13.7. The lowest BCUT2D eigenvalue weighted by Crippen LogP contribution is -2.50. The van der Waals surface area contributed by atoms with Crippen LogP contribution in [0.3, 0.4) is 0 Å². The SMILES string of the molecule is C[C@H](NCC(=O)NN1C(=O)N[C@](C)(c2ccccc2)C1=O)c1ccc(F)c(F)c1. The van der Waals surface area contributed by atoms with Gasteiger partial charge in [0.05, 0.1) is 6.54 Å². The van der Waals surface area contributed by atoms with Crippen LogP contribution >= 0.6 is 0 Å². The Morgan fingerprint density at radius 3 is 2.48 bits per heavy atom. The van der Waals surface area contributed by atoms with E-state index in [4.69, 9.17) is 0 Å². The second-order valence-corrected chi connectivity index (χ2v) is 6.87. The quantitative estimate of drug-likeness (QED) is 0.646. The first kappa shape index (κ1) is 20.4. The molecule has 2 atom stereocenters. The minimum Gasteiger partial charge on any atom is -0.318 e. The van der Waals surface area contributed by atoms with Gasteiger partial charge in [-0.15, -0.1) is 0 Å². The molecule has 152 valence electrons. The van der Waals surface area contributed by atoms with Crippen molar-refractivity contribution in [2.45, 2.75) is 25.4 Å². The molecule has 3 rings (SSSR count). The van der Waals surface area contributed by atoms with E-state index >= 15 is 0 Å². The number of hydrazine groups is 1. The molecule has 2 aromatic carbocycles. The average Bonchev–Trinajstić information content (AvgIpc) is 2.93. The molecular formula is C20H20F2N4O3. The van der Waals surface area contributed by atoms with Crippen LogP contribution in [0.25, 0.3) is 0 Å². The van der Waals surface area contributed by atoms with Crippen molar-refractivity contribution in [2.75, 3.05) is 6.54 Å². The third-order valence-electron chi connectivity index (χ3n) is 4.79. The van der Waals surface area contributed by atoms with Gasteiger partial charge in [0.2, 0.25) is 0 Å². The number of hydrogen-bond acceptors (Lipinski definition) is 4. The Hall–Kier alpha value is -3.33. The van der Waals surface area contributed by atoms with Crippen molar-refractivity contribution in [1.82, 2.24) is 21.1 Å². The van der Waals surface area contributed by atoms with Crippen LogP contribution in [0.2, 0.25) is 0 Å². The van der Waals surface area contributed by atoms with Crippen molar-refractivity contribution >= 4 is 17.8 Å². The van der Waals surface area contributed by atoms with Gasteiger partial charge in [-0.05, 0) is 37.1 Å². The maximum absolute atomic E-state index is 13.3. The zero-order valence-corrected chi connectivity index (χ0v) is 15.8. The largest absolute Gasteiger partial charge is 0.344 e. The third kappa shape index (κ3) is 4.09. The number of carbonyl (C=O) groups is 3. The van der Waals surface area contributed by atoms with Gasteiger partial charge in [-0.3, -0.25) is 15.0 Å². The maximum atomic E-state index is 13.3. The van der Waals surface area contributed by atoms with E-state index in [1.807, 2.05) is 0 Å². The molecule has 1 fully saturated rings. The van der Waals surface area contributed by atoms with Gasteiger partial charge < -0.3 is 10.6 Å². The molecule has 2 aromatic rings. The van der Waals surface area contributed by atoms with E-state index in [1.165, 1.54) is 6.07 Å². The van der Waals surface area contributed by atoms with E-state index in [0.717, 1.165) is 12.1 Å². The molecule has 0 aromatic heterocycles. The summed E-state index contributed by atoms with van der Waals surface area (Å²) >= 11 is 0. The van der Waals surface area contributed by atoms with Crippen LogP contribution in [-0.4, -0.2) is 29.4 Å². The lowest BCUT2D eigenvalue weighted by Gasteiger charge is -2.22. The van der Waals surface area contributed by atoms with Crippen LogP contribution in [0.5, 0.6) is 0 Å². The normalized spacial score (nSPS) is 19.8. The smallest absolute Gasteiger partial charge is 0.318 e. The number of halogens is 2. The van der Waals surface area contributed by atoms with Crippen molar-refractivity contribution in [3.63, 3.8) is 0 Å². The molecule has 1 aliphatic rings. The lowest BCUT2D eigenvalue weighted by molar-refractivity contribution is -0.138. The molecule has 1 saturated heterocycles. The molecule has 1 aliphatic heterocycles. The van der Waals surface area contributed by atoms with E-state index in [-0.39, 0.29) is 6.54 Å². The van der Waals surface area contributed by atoms with E-state index in [0.29, 0.717) is 16.1 Å². The Balaban J connectivity index is 1.61. The number of benzene rings is 2. The number of carbonyl (C=O) groups excluding carboxylic acids is 3. The Morgan fingerprint density at radius 2 is 1.83 bits per heavy atom. The first-order valence-electron chi connectivity index (χ1n) is 8.92. The summed E-state index contributed by atoms with van der Waals surface area (Å²) in [5, 5.41) is 6.05. The van der Waals surface area contributed by atoms with Crippen LogP contribution in [0.1, 0.15) is 31.0 Å². The zero-order chi connectivity index (χ0) is 21.2. The highest BCUT2D eigenvalue weighted by molar-refractivity contribution is 6.08. The number of amides is 4. The van der Waals surface area contributed by atoms with Crippen molar-refractivity contribution < 1.29 is 23.2 Å². The fraction of sp³-hybridized carbons (Fsp3) is 0.250. The molecule has 0 spiro atoms. The summed E-state index contributed by atoms with van der Waals surface area (Å²) in [5.74, 6) is -3.20. The Bertz CT molecular complexity index is 954. The lowest BCUT2D eigenvalue weighted by atomic mass is 9.92. The number of imide groups is 1. The van der Waals surface area contributed by atoms with Gasteiger partial charge in [0.15, 0.2) is 11.6 Å². The van der Waals surface area contributed by atoms with E-state index in [1.54, 1.807) is 44.2 Å². The van der Waals surface area contributed by atoms with E-state index in [9.17, 15) is 23.2 Å². The molecule has 1 heterocycles. The van der Waals surface area contributed by atoms with Crippen LogP contribution in [0.4, 0.5) is 13.6 Å². The monoisotopic (exact) mass is 402 g/mol. The second-order valence-electron chi connectivity index (χ2n) is 6.87. The Kier molecular flexibility index (Phi) is 5.60. The zero-order valence-electron chi connectivity index (χ0n) is 15.8. The van der Waals surface area contributed by atoms with Crippen LogP contribution < -0.4 is 16.1 Å². The summed E-state index contributed by atoms with van der Waals surface area (Å²) in [4.78, 5) is 37.2. The van der Waals surface area contributed by atoms with Gasteiger partial charge >= 0.3 is 6.03 Å². The van der Waals surface area contributed by atoms with Crippen molar-refractivity contribution in [2.24, 2.45) is 0 Å². The standard InChI is InChI=1S/C20H20F2N4O3/c1-12(13-8-9-15(21)16(22)10-13)23-11-17(27)25-26-18(28)20(2,24-19(26)29)14-6-4-3-5-7-14/h3-10,12,23H,11H2,1-2H3,(H,24,29)(H,25,27)/t12-,20+/m0/s1. The van der Waals surface area contributed by atoms with Gasteiger partial charge in [-0.25, -0.2) is 13.6 Å². The molecule has 0 radical (unpaired) electrons. The average molecular weight is 402 g/mol. The summed E-state index contributed by atoms with van der Waals surface area (Å²) in [6, 6.07) is 10.9. The predicted octanol–water partition coefficient (Wildman–Crippen LogP) is 2.11. The van der Waals surface area contributed by atoms with Crippen LogP contribution in [0.15, 0.2) is 48.5 Å². The highest BCUT2D eigenvalue weighted by atomic mass is 19.2. The molecule has 4 amide bonds. The molecule has 29 heavy (non-hydrogen) atoms. The first-order valence-corrected chi connectivity index (χ1v) is 8.92. The molecule has 7 nitrogen and oxygen atoms in total. The third-order valence-corrected chi connectivity index (χ3v) is 4.79. The van der Waals surface area contributed by atoms with E-state index in [2.05, 4.69) is 16.1 Å². The molecule has 3 N–H and O–H groups in total. The fourth-order valence-corrected chi connectivity index (χ4v) is 3.02. The number of rotatable bonds is 6. The highest BCUT2D eigenvalue weighted by Gasteiger charge is 2.49. The molecular weight excluding hydrogens is 382 g/mol. The number of nitrogens with zero attached hydrogens (tertiary/aromatic N) is 1. The van der Waals surface area contributed by atoms with E-state index < -0.39 is 41.1 Å². The Morgan fingerprint density at radius 1 is 1.14 bits per heavy atom. The fourth-order valence-electron chi connectivity index (χ4n) is 3.02. The minimum atomic E-state index is -1.29. The molecule has 0 bridgehead atoms. The van der Waals surface area contributed by atoms with Crippen LogP contribution in [0, 0.1) is 11.6 Å². The van der Waals surface area contributed by atoms with Gasteiger partial charge in [-0.2, -0.15) is 5.01 Å². The van der Waals surface area contributed by atoms with Gasteiger partial charge in [0.1, 0.15) is 5.54 Å². The molecule has 0 aliphatic carbocycles.